The van der Waals surface area contributed by atoms with Gasteiger partial charge in [-0.15, -0.1) is 0 Å². The number of carbonyl (C=O) groups is 1. The molecule has 0 unspecified atom stereocenters. The molecule has 28 heavy (non-hydrogen) atoms. The maximum absolute atomic E-state index is 12.2. The molecule has 2 aromatic carbocycles. The van der Waals surface area contributed by atoms with Gasteiger partial charge in [0, 0.05) is 19.2 Å². The van der Waals surface area contributed by atoms with E-state index in [1.807, 2.05) is 13.8 Å². The molecule has 0 aliphatic carbocycles. The molecule has 3 rings (SSSR count). The molecule has 8 heteroatoms. The van der Waals surface area contributed by atoms with Gasteiger partial charge in [-0.05, 0) is 49.1 Å². The van der Waals surface area contributed by atoms with Crippen LogP contribution in [0.2, 0.25) is 0 Å². The number of fused-ring (bicyclic) bond motifs is 1. The molecular formula is C20H21BN2O5. The van der Waals surface area contributed by atoms with E-state index in [1.165, 1.54) is 0 Å². The summed E-state index contributed by atoms with van der Waals surface area (Å²) in [5.74, 6) is 1.12. The van der Waals surface area contributed by atoms with Gasteiger partial charge in [-0.2, -0.15) is 5.26 Å². The number of benzene rings is 2. The topological polar surface area (TPSA) is 92.0 Å². The molecule has 144 valence electrons. The van der Waals surface area contributed by atoms with Gasteiger partial charge in [0.15, 0.2) is 18.1 Å². The summed E-state index contributed by atoms with van der Waals surface area (Å²) in [7, 11) is -0.913. The summed E-state index contributed by atoms with van der Waals surface area (Å²) in [6.45, 7) is 5.17. The van der Waals surface area contributed by atoms with Gasteiger partial charge in [-0.3, -0.25) is 4.79 Å². The number of amides is 1. The monoisotopic (exact) mass is 380 g/mol. The molecule has 0 bridgehead atoms. The molecule has 1 aliphatic heterocycles. The van der Waals surface area contributed by atoms with E-state index in [1.54, 1.807) is 41.3 Å². The number of likely N-dealkylation sites (N-methyl/N-ethyl adjacent to an activating group) is 1. The Morgan fingerprint density at radius 2 is 2.04 bits per heavy atom. The van der Waals surface area contributed by atoms with E-state index in [0.29, 0.717) is 48.0 Å². The van der Waals surface area contributed by atoms with Crippen LogP contribution in [0, 0.1) is 11.3 Å². The Balaban J connectivity index is 1.79. The van der Waals surface area contributed by atoms with Gasteiger partial charge in [0.05, 0.1) is 18.2 Å². The summed E-state index contributed by atoms with van der Waals surface area (Å²) in [5.41, 5.74) is 1.97. The van der Waals surface area contributed by atoms with Crippen molar-refractivity contribution in [2.75, 3.05) is 19.7 Å². The van der Waals surface area contributed by atoms with Crippen molar-refractivity contribution in [2.45, 2.75) is 20.5 Å². The minimum atomic E-state index is -0.913. The van der Waals surface area contributed by atoms with Crippen molar-refractivity contribution in [3.05, 3.63) is 47.5 Å². The molecule has 0 saturated carbocycles. The van der Waals surface area contributed by atoms with Crippen LogP contribution in [0.25, 0.3) is 0 Å². The summed E-state index contributed by atoms with van der Waals surface area (Å²) in [6.07, 6.45) is 0. The first-order chi connectivity index (χ1) is 13.5. The van der Waals surface area contributed by atoms with Crippen molar-refractivity contribution in [1.29, 1.82) is 5.26 Å². The van der Waals surface area contributed by atoms with Gasteiger partial charge in [0.25, 0.3) is 5.91 Å². The van der Waals surface area contributed by atoms with Crippen molar-refractivity contribution in [2.24, 2.45) is 0 Å². The Kier molecular flexibility index (Phi) is 6.19. The van der Waals surface area contributed by atoms with Crippen LogP contribution in [0.1, 0.15) is 25.0 Å². The minimum absolute atomic E-state index is 0.137. The maximum atomic E-state index is 12.2. The van der Waals surface area contributed by atoms with Crippen molar-refractivity contribution < 1.29 is 23.9 Å². The Hall–Kier alpha value is -3.02. The zero-order chi connectivity index (χ0) is 20.1. The van der Waals surface area contributed by atoms with E-state index >= 15 is 0 Å². The predicted octanol–water partition coefficient (Wildman–Crippen LogP) is 1.82. The lowest BCUT2D eigenvalue weighted by molar-refractivity contribution is -0.132. The summed E-state index contributed by atoms with van der Waals surface area (Å²) in [5, 5.41) is 18.9. The standard InChI is InChI=1S/C20H21BN2O5/c1-3-23(4-2)20(24)13-26-19-9-14(11-22)5-8-18(19)28-16-6-7-17-15(10-16)12-27-21(17)25/h5-10,25H,3-4,12-13H2,1-2H3. The third-order valence-electron chi connectivity index (χ3n) is 4.55. The van der Waals surface area contributed by atoms with Crippen LogP contribution >= 0.6 is 0 Å². The average Bonchev–Trinajstić information content (AvgIpc) is 3.08. The Morgan fingerprint density at radius 3 is 2.75 bits per heavy atom. The molecule has 0 saturated heterocycles. The predicted molar refractivity (Wildman–Crippen MR) is 103 cm³/mol. The van der Waals surface area contributed by atoms with E-state index < -0.39 is 7.12 Å². The van der Waals surface area contributed by atoms with Gasteiger partial charge in [-0.1, -0.05) is 6.07 Å². The number of ether oxygens (including phenoxy) is 2. The zero-order valence-electron chi connectivity index (χ0n) is 15.8. The lowest BCUT2D eigenvalue weighted by atomic mass is 9.80. The van der Waals surface area contributed by atoms with Crippen LogP contribution in [-0.4, -0.2) is 42.6 Å². The third kappa shape index (κ3) is 4.27. The lowest BCUT2D eigenvalue weighted by Crippen LogP contribution is -2.34. The average molecular weight is 380 g/mol. The smallest absolute Gasteiger partial charge is 0.480 e. The normalized spacial score (nSPS) is 12.3. The molecule has 1 amide bonds. The van der Waals surface area contributed by atoms with Crippen molar-refractivity contribution in [3.8, 4) is 23.3 Å². The molecule has 0 aromatic heterocycles. The fourth-order valence-electron chi connectivity index (χ4n) is 2.98. The fraction of sp³-hybridized carbons (Fsp3) is 0.300. The molecule has 0 spiro atoms. The second-order valence-electron chi connectivity index (χ2n) is 6.25. The van der Waals surface area contributed by atoms with Gasteiger partial charge in [0.2, 0.25) is 0 Å². The summed E-state index contributed by atoms with van der Waals surface area (Å²) in [6, 6.07) is 12.1. The number of hydrogen-bond acceptors (Lipinski definition) is 6. The molecule has 0 fully saturated rings. The maximum Gasteiger partial charge on any atom is 0.491 e. The molecule has 1 N–H and O–H groups in total. The van der Waals surface area contributed by atoms with Crippen LogP contribution in [-0.2, 0) is 16.1 Å². The highest BCUT2D eigenvalue weighted by atomic mass is 16.5. The van der Waals surface area contributed by atoms with Gasteiger partial charge in [0.1, 0.15) is 5.75 Å². The third-order valence-corrected chi connectivity index (χ3v) is 4.55. The molecule has 7 nitrogen and oxygen atoms in total. The molecule has 2 aromatic rings. The number of rotatable bonds is 7. The van der Waals surface area contributed by atoms with Gasteiger partial charge >= 0.3 is 7.12 Å². The minimum Gasteiger partial charge on any atom is -0.480 e. The van der Waals surface area contributed by atoms with Crippen molar-refractivity contribution in [3.63, 3.8) is 0 Å². The quantitative estimate of drug-likeness (QED) is 0.737. The highest BCUT2D eigenvalue weighted by Gasteiger charge is 2.27. The summed E-state index contributed by atoms with van der Waals surface area (Å²) in [4.78, 5) is 13.9. The molecule has 0 atom stereocenters. The highest BCUT2D eigenvalue weighted by molar-refractivity contribution is 6.61. The molecule has 1 heterocycles. The first-order valence-corrected chi connectivity index (χ1v) is 9.10. The fourth-order valence-corrected chi connectivity index (χ4v) is 2.98. The van der Waals surface area contributed by atoms with E-state index in [2.05, 4.69) is 6.07 Å². The molecule has 1 aliphatic rings. The first kappa shape index (κ1) is 19.7. The van der Waals surface area contributed by atoms with Crippen LogP contribution in [0.5, 0.6) is 17.2 Å². The number of nitriles is 1. The summed E-state index contributed by atoms with van der Waals surface area (Å²) >= 11 is 0. The zero-order valence-corrected chi connectivity index (χ0v) is 15.8. The summed E-state index contributed by atoms with van der Waals surface area (Å²) < 4.78 is 16.8. The second kappa shape index (κ2) is 8.78. The van der Waals surface area contributed by atoms with Gasteiger partial charge < -0.3 is 24.1 Å². The van der Waals surface area contributed by atoms with Crippen LogP contribution in [0.3, 0.4) is 0 Å². The van der Waals surface area contributed by atoms with E-state index in [0.717, 1.165) is 5.56 Å². The van der Waals surface area contributed by atoms with E-state index in [9.17, 15) is 9.82 Å². The van der Waals surface area contributed by atoms with Gasteiger partial charge in [-0.25, -0.2) is 0 Å². The van der Waals surface area contributed by atoms with E-state index in [4.69, 9.17) is 19.4 Å². The Labute approximate surface area is 164 Å². The van der Waals surface area contributed by atoms with Crippen molar-refractivity contribution >= 4 is 18.5 Å². The largest absolute Gasteiger partial charge is 0.491 e. The second-order valence-corrected chi connectivity index (χ2v) is 6.25. The Morgan fingerprint density at radius 1 is 1.25 bits per heavy atom. The van der Waals surface area contributed by atoms with Crippen molar-refractivity contribution in [1.82, 2.24) is 4.90 Å². The molecule has 0 radical (unpaired) electrons. The first-order valence-electron chi connectivity index (χ1n) is 9.10. The van der Waals surface area contributed by atoms with E-state index in [-0.39, 0.29) is 12.5 Å². The number of hydrogen-bond donors (Lipinski definition) is 1. The molecular weight excluding hydrogens is 359 g/mol. The number of nitrogens with zero attached hydrogens (tertiary/aromatic N) is 2. The highest BCUT2D eigenvalue weighted by Crippen LogP contribution is 2.33. The SMILES string of the molecule is CCN(CC)C(=O)COc1cc(C#N)ccc1Oc1ccc2c(c1)COB2O. The Bertz CT molecular complexity index is 908. The van der Waals surface area contributed by atoms with Crippen LogP contribution in [0.15, 0.2) is 36.4 Å². The van der Waals surface area contributed by atoms with Crippen LogP contribution < -0.4 is 14.9 Å². The van der Waals surface area contributed by atoms with Crippen LogP contribution in [0.4, 0.5) is 0 Å². The lowest BCUT2D eigenvalue weighted by Gasteiger charge is -2.19. The number of carbonyl (C=O) groups excluding carboxylic acids is 1.